The van der Waals surface area contributed by atoms with Crippen molar-refractivity contribution in [2.24, 2.45) is 0 Å². The Labute approximate surface area is 99.4 Å². The van der Waals surface area contributed by atoms with E-state index >= 15 is 0 Å². The molecule has 0 aliphatic heterocycles. The van der Waals surface area contributed by atoms with Crippen molar-refractivity contribution in [2.75, 3.05) is 6.61 Å². The molecule has 17 heavy (non-hydrogen) atoms. The Balaban J connectivity index is 3.25. The Bertz CT molecular complexity index is 457. The second-order valence-electron chi connectivity index (χ2n) is 3.22. The molecule has 0 radical (unpaired) electrons. The van der Waals surface area contributed by atoms with Crippen LogP contribution in [0.1, 0.15) is 17.3 Å². The molecule has 8 heteroatoms. The summed E-state index contributed by atoms with van der Waals surface area (Å²) in [5.74, 6) is -0.965. The third kappa shape index (κ3) is 3.78. The standard InChI is InChI=1S/C9H9ClF4O2S/c1-2-16-9(15)7-4-3-5-8(6-7)17(10,11,12,13)14/h3-6H,2H2,1H3. The van der Waals surface area contributed by atoms with Gasteiger partial charge in [0, 0.05) is 10.7 Å². The van der Waals surface area contributed by atoms with Crippen molar-refractivity contribution in [1.29, 1.82) is 0 Å². The normalized spacial score (nSPS) is 15.9. The fraction of sp³-hybridized carbons (Fsp3) is 0.222. The molecule has 0 unspecified atom stereocenters. The predicted octanol–water partition coefficient (Wildman–Crippen LogP) is 4.79. The second-order valence-corrected chi connectivity index (χ2v) is 7.49. The molecule has 0 amide bonds. The number of carbonyl (C=O) groups is 1. The molecular weight excluding hydrogens is 284 g/mol. The van der Waals surface area contributed by atoms with Gasteiger partial charge in [-0.2, -0.15) is 0 Å². The number of hydrogen-bond donors (Lipinski definition) is 0. The van der Waals surface area contributed by atoms with Crippen molar-refractivity contribution in [2.45, 2.75) is 11.8 Å². The molecule has 0 atom stereocenters. The summed E-state index contributed by atoms with van der Waals surface area (Å²) < 4.78 is 55.9. The largest absolute Gasteiger partial charge is 0.462 e. The quantitative estimate of drug-likeness (QED) is 0.591. The molecule has 0 spiro atoms. The van der Waals surface area contributed by atoms with Gasteiger partial charge in [0.15, 0.2) is 0 Å². The van der Waals surface area contributed by atoms with E-state index in [0.717, 1.165) is 12.1 Å². The maximum absolute atomic E-state index is 12.9. The van der Waals surface area contributed by atoms with Crippen LogP contribution in [0.5, 0.6) is 0 Å². The average Bonchev–Trinajstić information content (AvgIpc) is 2.15. The van der Waals surface area contributed by atoms with Crippen LogP contribution in [0.4, 0.5) is 15.5 Å². The van der Waals surface area contributed by atoms with Gasteiger partial charge in [0.1, 0.15) is 0 Å². The zero-order chi connectivity index (χ0) is 13.4. The average molecular weight is 293 g/mol. The summed E-state index contributed by atoms with van der Waals surface area (Å²) >= 11 is 0. The van der Waals surface area contributed by atoms with Gasteiger partial charge in [-0.3, -0.25) is 0 Å². The fourth-order valence-electron chi connectivity index (χ4n) is 1.08. The van der Waals surface area contributed by atoms with Crippen LogP contribution in [-0.4, -0.2) is 12.6 Å². The molecule has 0 aliphatic rings. The number of esters is 1. The Kier molecular flexibility index (Phi) is 2.92. The number of hydrogen-bond acceptors (Lipinski definition) is 2. The minimum atomic E-state index is -8.77. The monoisotopic (exact) mass is 292 g/mol. The number of benzene rings is 1. The highest BCUT2D eigenvalue weighted by molar-refractivity contribution is 8.65. The second kappa shape index (κ2) is 3.52. The molecule has 1 rings (SSSR count). The summed E-state index contributed by atoms with van der Waals surface area (Å²) in [4.78, 5) is 9.52. The topological polar surface area (TPSA) is 26.3 Å². The Morgan fingerprint density at radius 1 is 1.35 bits per heavy atom. The first kappa shape index (κ1) is 14.1. The van der Waals surface area contributed by atoms with Gasteiger partial charge in [0.25, 0.3) is 9.05 Å². The molecule has 0 aromatic heterocycles. The van der Waals surface area contributed by atoms with Crippen LogP contribution in [0, 0.1) is 0 Å². The van der Waals surface area contributed by atoms with Gasteiger partial charge in [0.2, 0.25) is 0 Å². The molecule has 0 fully saturated rings. The maximum Gasteiger partial charge on any atom is 0.338 e. The maximum atomic E-state index is 12.9. The van der Waals surface area contributed by atoms with E-state index in [9.17, 15) is 20.3 Å². The van der Waals surface area contributed by atoms with Crippen molar-refractivity contribution in [3.05, 3.63) is 29.8 Å². The predicted molar refractivity (Wildman–Crippen MR) is 58.5 cm³/mol. The van der Waals surface area contributed by atoms with Crippen LogP contribution in [0.2, 0.25) is 0 Å². The lowest BCUT2D eigenvalue weighted by atomic mass is 10.2. The number of carbonyl (C=O) groups excluding carboxylic acids is 1. The Hall–Kier alpha value is -0.950. The summed E-state index contributed by atoms with van der Waals surface area (Å²) in [7, 11) is -4.65. The molecule has 0 heterocycles. The fourth-order valence-corrected chi connectivity index (χ4v) is 2.05. The Morgan fingerprint density at radius 3 is 2.41 bits per heavy atom. The van der Waals surface area contributed by atoms with E-state index in [-0.39, 0.29) is 6.61 Å². The first-order chi connectivity index (χ1) is 7.44. The van der Waals surface area contributed by atoms with E-state index in [4.69, 9.17) is 0 Å². The summed E-state index contributed by atoms with van der Waals surface area (Å²) in [6.07, 6.45) is 0. The zero-order valence-electron chi connectivity index (χ0n) is 8.63. The molecule has 1 aromatic rings. The van der Waals surface area contributed by atoms with E-state index < -0.39 is 25.5 Å². The van der Waals surface area contributed by atoms with Crippen LogP contribution >= 0.6 is 19.7 Å². The van der Waals surface area contributed by atoms with Gasteiger partial charge in [0.05, 0.1) is 17.1 Å². The van der Waals surface area contributed by atoms with Gasteiger partial charge in [-0.1, -0.05) is 6.07 Å². The smallest absolute Gasteiger partial charge is 0.338 e. The van der Waals surface area contributed by atoms with Crippen LogP contribution in [0.25, 0.3) is 0 Å². The van der Waals surface area contributed by atoms with Crippen LogP contribution in [0.3, 0.4) is 0 Å². The lowest BCUT2D eigenvalue weighted by Crippen LogP contribution is -2.08. The minimum absolute atomic E-state index is 0.00468. The highest BCUT2D eigenvalue weighted by atomic mass is 35.7. The Morgan fingerprint density at radius 2 is 1.94 bits per heavy atom. The highest BCUT2D eigenvalue weighted by Gasteiger charge is 2.63. The first-order valence-corrected chi connectivity index (χ1v) is 7.33. The van der Waals surface area contributed by atoms with Crippen molar-refractivity contribution >= 4 is 25.7 Å². The summed E-state index contributed by atoms with van der Waals surface area (Å²) in [6.45, 7) is 1.50. The summed E-state index contributed by atoms with van der Waals surface area (Å²) in [6, 6.07) is 2.79. The molecule has 1 aromatic carbocycles. The summed E-state index contributed by atoms with van der Waals surface area (Å²) in [5, 5.41) is 0. The number of ether oxygens (including phenoxy) is 1. The lowest BCUT2D eigenvalue weighted by molar-refractivity contribution is 0.0526. The third-order valence-electron chi connectivity index (χ3n) is 1.79. The molecule has 0 saturated carbocycles. The van der Waals surface area contributed by atoms with Crippen molar-refractivity contribution < 1.29 is 25.1 Å². The van der Waals surface area contributed by atoms with Gasteiger partial charge in [-0.05, 0) is 25.1 Å². The lowest BCUT2D eigenvalue weighted by Gasteiger charge is -2.42. The number of rotatable bonds is 3. The van der Waals surface area contributed by atoms with Gasteiger partial charge in [-0.25, -0.2) is 4.79 Å². The third-order valence-corrected chi connectivity index (χ3v) is 3.47. The molecule has 2 nitrogen and oxygen atoms in total. The van der Waals surface area contributed by atoms with E-state index in [1.807, 2.05) is 0 Å². The van der Waals surface area contributed by atoms with Crippen molar-refractivity contribution in [1.82, 2.24) is 0 Å². The van der Waals surface area contributed by atoms with Crippen molar-refractivity contribution in [3.8, 4) is 0 Å². The van der Waals surface area contributed by atoms with E-state index in [1.54, 1.807) is 0 Å². The van der Waals surface area contributed by atoms with Gasteiger partial charge < -0.3 is 4.74 Å². The van der Waals surface area contributed by atoms with E-state index in [0.29, 0.717) is 12.1 Å². The molecule has 0 aliphatic carbocycles. The van der Waals surface area contributed by atoms with E-state index in [2.05, 4.69) is 15.4 Å². The highest BCUT2D eigenvalue weighted by Crippen LogP contribution is 3.04. The molecule has 0 bridgehead atoms. The van der Waals surface area contributed by atoms with Gasteiger partial charge >= 0.3 is 5.97 Å². The SMILES string of the molecule is CCOC(=O)c1cccc(S(F)(F)(F)(F)Cl)c1. The molecule has 0 saturated heterocycles. The van der Waals surface area contributed by atoms with Crippen LogP contribution in [0.15, 0.2) is 29.2 Å². The van der Waals surface area contributed by atoms with Crippen LogP contribution in [-0.2, 0) is 4.74 Å². The zero-order valence-corrected chi connectivity index (χ0v) is 10.2. The number of halogens is 5. The van der Waals surface area contributed by atoms with Crippen LogP contribution < -0.4 is 0 Å². The van der Waals surface area contributed by atoms with Crippen molar-refractivity contribution in [3.63, 3.8) is 0 Å². The molecular formula is C9H9ClF4O2S. The minimum Gasteiger partial charge on any atom is -0.462 e. The first-order valence-electron chi connectivity index (χ1n) is 4.45. The van der Waals surface area contributed by atoms with E-state index in [1.165, 1.54) is 6.92 Å². The molecule has 0 N–H and O–H groups in total. The summed E-state index contributed by atoms with van der Waals surface area (Å²) in [5.41, 5.74) is -0.402. The molecule has 98 valence electrons. The van der Waals surface area contributed by atoms with Gasteiger partial charge in [-0.15, -0.1) is 15.5 Å².